The first kappa shape index (κ1) is 19.2. The van der Waals surface area contributed by atoms with Crippen LogP contribution in [0.5, 0.6) is 0 Å². The third-order valence-electron chi connectivity index (χ3n) is 5.31. The molecule has 2 aliphatic rings. The molecule has 1 aromatic heterocycles. The lowest BCUT2D eigenvalue weighted by Crippen LogP contribution is -2.41. The molecule has 1 aliphatic heterocycles. The Labute approximate surface area is 157 Å². The number of hydrogen-bond acceptors (Lipinski definition) is 6. The normalized spacial score (nSPS) is 17.8. The van der Waals surface area contributed by atoms with Crippen LogP contribution in [0.4, 0.5) is 0 Å². The van der Waals surface area contributed by atoms with Crippen LogP contribution in [-0.4, -0.2) is 72.9 Å². The number of hydrogen-bond donors (Lipinski definition) is 1. The first-order valence-corrected chi connectivity index (χ1v) is 10.4. The molecular weight excluding hydrogens is 354 g/mol. The van der Waals surface area contributed by atoms with Gasteiger partial charge in [-0.15, -0.1) is 16.9 Å². The molecule has 8 nitrogen and oxygen atoms in total. The lowest BCUT2D eigenvalue weighted by Gasteiger charge is -2.31. The molecule has 1 aliphatic carbocycles. The zero-order valence-corrected chi connectivity index (χ0v) is 16.1. The van der Waals surface area contributed by atoms with Crippen molar-refractivity contribution in [3.8, 4) is 0 Å². The number of aliphatic hydroxyl groups is 1. The highest BCUT2D eigenvalue weighted by molar-refractivity contribution is 8.00. The molecule has 9 heteroatoms. The Bertz CT molecular complexity index is 631. The van der Waals surface area contributed by atoms with Crippen LogP contribution in [0.1, 0.15) is 43.5 Å². The van der Waals surface area contributed by atoms with Crippen LogP contribution in [0.2, 0.25) is 0 Å². The zero-order chi connectivity index (χ0) is 18.5. The van der Waals surface area contributed by atoms with E-state index in [1.807, 2.05) is 11.9 Å². The van der Waals surface area contributed by atoms with Gasteiger partial charge in [0.25, 0.3) is 0 Å². The molecule has 2 amide bonds. The Morgan fingerprint density at radius 3 is 2.73 bits per heavy atom. The first-order chi connectivity index (χ1) is 12.6. The summed E-state index contributed by atoms with van der Waals surface area (Å²) in [4.78, 5) is 28.4. The summed E-state index contributed by atoms with van der Waals surface area (Å²) in [5.74, 6) is 0.756. The van der Waals surface area contributed by atoms with Gasteiger partial charge in [-0.25, -0.2) is 4.68 Å². The minimum Gasteiger partial charge on any atom is -0.390 e. The van der Waals surface area contributed by atoms with Gasteiger partial charge in [-0.05, 0) is 12.8 Å². The fraction of sp³-hybridized carbons (Fsp3) is 0.765. The van der Waals surface area contributed by atoms with Crippen LogP contribution < -0.4 is 0 Å². The molecule has 0 aromatic carbocycles. The maximum Gasteiger partial charge on any atom is 0.232 e. The predicted octanol–water partition coefficient (Wildman–Crippen LogP) is 0.637. The second-order valence-electron chi connectivity index (χ2n) is 6.97. The van der Waals surface area contributed by atoms with Gasteiger partial charge in [0.15, 0.2) is 0 Å². The Kier molecular flexibility index (Phi) is 6.53. The minimum atomic E-state index is -0.173. The fourth-order valence-electron chi connectivity index (χ4n) is 3.62. The summed E-state index contributed by atoms with van der Waals surface area (Å²) < 4.78 is 1.74. The van der Waals surface area contributed by atoms with Gasteiger partial charge < -0.3 is 14.9 Å². The molecule has 0 radical (unpaired) electrons. The van der Waals surface area contributed by atoms with E-state index >= 15 is 0 Å². The van der Waals surface area contributed by atoms with E-state index < -0.39 is 0 Å². The van der Waals surface area contributed by atoms with Crippen molar-refractivity contribution >= 4 is 23.6 Å². The highest BCUT2D eigenvalue weighted by atomic mass is 32.2. The third-order valence-corrected chi connectivity index (χ3v) is 6.21. The van der Waals surface area contributed by atoms with E-state index in [9.17, 15) is 14.7 Å². The summed E-state index contributed by atoms with van der Waals surface area (Å²) in [5.41, 5.74) is 1.32. The van der Waals surface area contributed by atoms with Gasteiger partial charge in [-0.1, -0.05) is 24.5 Å². The third kappa shape index (κ3) is 4.37. The van der Waals surface area contributed by atoms with Crippen molar-refractivity contribution in [2.45, 2.75) is 57.8 Å². The van der Waals surface area contributed by atoms with Crippen LogP contribution in [0, 0.1) is 0 Å². The van der Waals surface area contributed by atoms with Gasteiger partial charge in [0, 0.05) is 19.6 Å². The van der Waals surface area contributed by atoms with Crippen molar-refractivity contribution in [1.82, 2.24) is 24.8 Å². The minimum absolute atomic E-state index is 0.0134. The molecule has 0 atom stereocenters. The van der Waals surface area contributed by atoms with Gasteiger partial charge >= 0.3 is 0 Å². The molecular formula is C17H27N5O3S. The van der Waals surface area contributed by atoms with E-state index in [4.69, 9.17) is 0 Å². The number of aromatic nitrogens is 3. The monoisotopic (exact) mass is 381 g/mol. The van der Waals surface area contributed by atoms with Crippen molar-refractivity contribution in [3.63, 3.8) is 0 Å². The molecule has 1 N–H and O–H groups in total. The number of rotatable bonds is 6. The van der Waals surface area contributed by atoms with Crippen LogP contribution in [0.25, 0.3) is 0 Å². The summed E-state index contributed by atoms with van der Waals surface area (Å²) in [6, 6.07) is 0.360. The van der Waals surface area contributed by atoms with Gasteiger partial charge in [-0.3, -0.25) is 9.59 Å². The molecule has 1 saturated carbocycles. The number of aliphatic hydroxyl groups excluding tert-OH is 1. The molecule has 26 heavy (non-hydrogen) atoms. The Morgan fingerprint density at radius 1 is 1.23 bits per heavy atom. The van der Waals surface area contributed by atoms with Crippen molar-refractivity contribution in [3.05, 3.63) is 11.4 Å². The van der Waals surface area contributed by atoms with Gasteiger partial charge in [0.05, 0.1) is 36.9 Å². The molecule has 1 fully saturated rings. The summed E-state index contributed by atoms with van der Waals surface area (Å²) in [5, 5.41) is 17.2. The Hall–Kier alpha value is -1.61. The van der Waals surface area contributed by atoms with Crippen molar-refractivity contribution < 1.29 is 14.7 Å². The number of fused-ring (bicyclic) bond motifs is 1. The van der Waals surface area contributed by atoms with E-state index in [1.165, 1.54) is 31.0 Å². The molecule has 2 heterocycles. The van der Waals surface area contributed by atoms with Crippen LogP contribution in [0.15, 0.2) is 0 Å². The highest BCUT2D eigenvalue weighted by Gasteiger charge is 2.25. The van der Waals surface area contributed by atoms with E-state index in [2.05, 4.69) is 10.3 Å². The highest BCUT2D eigenvalue weighted by Crippen LogP contribution is 2.22. The second-order valence-corrected chi connectivity index (χ2v) is 7.95. The number of thioether (sulfide) groups is 1. The summed E-state index contributed by atoms with van der Waals surface area (Å²) >= 11 is 1.38. The second kappa shape index (κ2) is 8.85. The quantitative estimate of drug-likeness (QED) is 0.777. The number of nitrogens with zero attached hydrogens (tertiary/aromatic N) is 5. The van der Waals surface area contributed by atoms with Gasteiger partial charge in [0.2, 0.25) is 11.8 Å². The van der Waals surface area contributed by atoms with E-state index in [0.717, 1.165) is 18.5 Å². The largest absolute Gasteiger partial charge is 0.390 e. The summed E-state index contributed by atoms with van der Waals surface area (Å²) in [6.45, 7) is 1.41. The average molecular weight is 382 g/mol. The Balaban J connectivity index is 1.43. The molecule has 0 bridgehead atoms. The van der Waals surface area contributed by atoms with Crippen molar-refractivity contribution in [2.75, 3.05) is 25.1 Å². The van der Waals surface area contributed by atoms with E-state index in [-0.39, 0.29) is 18.4 Å². The lowest BCUT2D eigenvalue weighted by atomic mass is 9.94. The molecule has 0 saturated heterocycles. The summed E-state index contributed by atoms with van der Waals surface area (Å²) in [7, 11) is 1.88. The molecule has 3 rings (SSSR count). The predicted molar refractivity (Wildman–Crippen MR) is 98.3 cm³/mol. The molecule has 1 aromatic rings. The number of carbonyl (C=O) groups is 2. The summed E-state index contributed by atoms with van der Waals surface area (Å²) in [6.07, 6.45) is 5.85. The molecule has 0 unspecified atom stereocenters. The number of carbonyl (C=O) groups excluding carboxylic acids is 2. The van der Waals surface area contributed by atoms with Crippen LogP contribution >= 0.6 is 11.8 Å². The topological polar surface area (TPSA) is 91.6 Å². The maximum absolute atomic E-state index is 12.5. The lowest BCUT2D eigenvalue weighted by molar-refractivity contribution is -0.130. The van der Waals surface area contributed by atoms with Crippen molar-refractivity contribution in [2.24, 2.45) is 0 Å². The SMILES string of the molecule is CN(C(=O)CSCC(=O)N1CCn2nnc(CO)c2C1)C1CCCCC1. The molecule has 144 valence electrons. The van der Waals surface area contributed by atoms with Gasteiger partial charge in [0.1, 0.15) is 5.69 Å². The van der Waals surface area contributed by atoms with Crippen LogP contribution in [0.3, 0.4) is 0 Å². The maximum atomic E-state index is 12.5. The van der Waals surface area contributed by atoms with E-state index in [1.54, 1.807) is 9.58 Å². The average Bonchev–Trinajstić information content (AvgIpc) is 3.10. The zero-order valence-electron chi connectivity index (χ0n) is 15.3. The standard InChI is InChI=1S/C17H27N5O3S/c1-20(13-5-3-2-4-6-13)16(24)11-26-12-17(25)21-7-8-22-15(9-21)14(10-23)18-19-22/h13,23H,2-12H2,1H3. The Morgan fingerprint density at radius 2 is 2.00 bits per heavy atom. The first-order valence-electron chi connectivity index (χ1n) is 9.23. The van der Waals surface area contributed by atoms with Gasteiger partial charge in [-0.2, -0.15) is 0 Å². The van der Waals surface area contributed by atoms with Crippen molar-refractivity contribution in [1.29, 1.82) is 0 Å². The van der Waals surface area contributed by atoms with E-state index in [0.29, 0.717) is 42.9 Å². The molecule has 0 spiro atoms. The smallest absolute Gasteiger partial charge is 0.232 e. The fourth-order valence-corrected chi connectivity index (χ4v) is 4.46. The van der Waals surface area contributed by atoms with Crippen LogP contribution in [-0.2, 0) is 29.3 Å². The number of amides is 2.